The second-order valence-electron chi connectivity index (χ2n) is 5.15. The van der Waals surface area contributed by atoms with E-state index in [1.165, 1.54) is 6.08 Å². The Balaban J connectivity index is 2.73. The molecule has 0 aromatic rings. The molecule has 1 aliphatic rings. The maximum absolute atomic E-state index is 11.2. The molecule has 1 amide bonds. The summed E-state index contributed by atoms with van der Waals surface area (Å²) in [5.74, 6) is -0.388. The minimum absolute atomic E-state index is 0.0714. The topological polar surface area (TPSA) is 98.3 Å². The van der Waals surface area contributed by atoms with Crippen molar-refractivity contribution in [2.45, 2.75) is 26.3 Å². The fourth-order valence-corrected chi connectivity index (χ4v) is 1.70. The summed E-state index contributed by atoms with van der Waals surface area (Å²) in [4.78, 5) is 21.5. The molecule has 1 atom stereocenters. The number of allylic oxidation sites excluding steroid dienone is 1. The van der Waals surface area contributed by atoms with Crippen LogP contribution in [0.4, 0.5) is 0 Å². The van der Waals surface area contributed by atoms with Gasteiger partial charge in [0.1, 0.15) is 0 Å². The molecule has 0 spiro atoms. The van der Waals surface area contributed by atoms with E-state index >= 15 is 0 Å². The molecule has 0 unspecified atom stereocenters. The Labute approximate surface area is 112 Å². The van der Waals surface area contributed by atoms with E-state index in [0.29, 0.717) is 13.0 Å². The summed E-state index contributed by atoms with van der Waals surface area (Å²) in [5.41, 5.74) is 5.45. The first-order chi connectivity index (χ1) is 8.77. The van der Waals surface area contributed by atoms with Gasteiger partial charge in [-0.1, -0.05) is 12.7 Å². The highest BCUT2D eigenvalue weighted by molar-refractivity contribution is 5.80. The molecule has 0 radical (unpaired) electrons. The molecular weight excluding hydrogens is 246 g/mol. The van der Waals surface area contributed by atoms with Gasteiger partial charge in [-0.2, -0.15) is 0 Å². The molecule has 0 aromatic heterocycles. The second kappa shape index (κ2) is 5.79. The average molecular weight is 265 g/mol. The van der Waals surface area contributed by atoms with Gasteiger partial charge in [0.2, 0.25) is 5.91 Å². The molecule has 0 saturated carbocycles. The first-order valence-corrected chi connectivity index (χ1v) is 6.00. The lowest BCUT2D eigenvalue weighted by atomic mass is 9.90. The number of carbonyl (C=O) groups excluding carboxylic acids is 1. The number of nitro groups is 1. The highest BCUT2D eigenvalue weighted by Gasteiger charge is 2.27. The number of amides is 1. The Morgan fingerprint density at radius 2 is 2.37 bits per heavy atom. The molecule has 0 aliphatic heterocycles. The van der Waals surface area contributed by atoms with Crippen LogP contribution in [-0.2, 0) is 4.79 Å². The van der Waals surface area contributed by atoms with Crippen molar-refractivity contribution in [3.63, 3.8) is 0 Å². The summed E-state index contributed by atoms with van der Waals surface area (Å²) in [5, 5.41) is 13.9. The quantitative estimate of drug-likeness (QED) is 0.555. The zero-order valence-corrected chi connectivity index (χ0v) is 11.2. The van der Waals surface area contributed by atoms with Gasteiger partial charge in [0, 0.05) is 18.7 Å². The molecule has 0 bridgehead atoms. The number of hydrogen-bond donors (Lipinski definition) is 2. The van der Waals surface area contributed by atoms with Gasteiger partial charge in [0.25, 0.3) is 5.70 Å². The Morgan fingerprint density at radius 3 is 2.84 bits per heavy atom. The van der Waals surface area contributed by atoms with E-state index in [4.69, 9.17) is 5.73 Å². The molecule has 0 aromatic carbocycles. The molecule has 6 nitrogen and oxygen atoms in total. The van der Waals surface area contributed by atoms with Gasteiger partial charge >= 0.3 is 0 Å². The van der Waals surface area contributed by atoms with Crippen LogP contribution in [0.5, 0.6) is 0 Å². The molecule has 6 heteroatoms. The van der Waals surface area contributed by atoms with Crippen molar-refractivity contribution in [3.05, 3.63) is 46.2 Å². The third-order valence-electron chi connectivity index (χ3n) is 3.18. The number of rotatable bonds is 6. The van der Waals surface area contributed by atoms with Crippen molar-refractivity contribution in [1.29, 1.82) is 0 Å². The van der Waals surface area contributed by atoms with Gasteiger partial charge in [-0.15, -0.1) is 0 Å². The highest BCUT2D eigenvalue weighted by atomic mass is 16.6. The maximum Gasteiger partial charge on any atom is 0.265 e. The first kappa shape index (κ1) is 15.1. The standard InChI is InChI=1S/C13H19N3O3/c1-4-9-7-10(16(18)19)5-6-11(9)15-8-13(2,3)12(14)17/h4-5,7,11,15H,1,6,8H2,2-3H3,(H2,14,17)/t11-/m0/s1. The highest BCUT2D eigenvalue weighted by Crippen LogP contribution is 2.21. The number of nitrogens with two attached hydrogens (primary N) is 1. The molecular formula is C13H19N3O3. The Kier molecular flexibility index (Phi) is 4.61. The van der Waals surface area contributed by atoms with Crippen LogP contribution in [0.15, 0.2) is 36.1 Å². The minimum Gasteiger partial charge on any atom is -0.369 e. The predicted molar refractivity (Wildman–Crippen MR) is 72.7 cm³/mol. The van der Waals surface area contributed by atoms with Gasteiger partial charge in [-0.25, -0.2) is 0 Å². The van der Waals surface area contributed by atoms with E-state index in [1.807, 2.05) is 0 Å². The summed E-state index contributed by atoms with van der Waals surface area (Å²) in [6.07, 6.45) is 5.13. The van der Waals surface area contributed by atoms with E-state index in [1.54, 1.807) is 26.0 Å². The third kappa shape index (κ3) is 3.75. The van der Waals surface area contributed by atoms with Crippen molar-refractivity contribution >= 4 is 5.91 Å². The summed E-state index contributed by atoms with van der Waals surface area (Å²) >= 11 is 0. The van der Waals surface area contributed by atoms with E-state index in [-0.39, 0.29) is 17.6 Å². The van der Waals surface area contributed by atoms with Gasteiger partial charge in [-0.05, 0) is 31.9 Å². The van der Waals surface area contributed by atoms with Gasteiger partial charge in [0.15, 0.2) is 0 Å². The van der Waals surface area contributed by atoms with Gasteiger partial charge in [0.05, 0.1) is 10.3 Å². The smallest absolute Gasteiger partial charge is 0.265 e. The Bertz CT molecular complexity index is 464. The van der Waals surface area contributed by atoms with Gasteiger partial charge in [-0.3, -0.25) is 14.9 Å². The SMILES string of the molecule is C=CC1=CC([N+](=O)[O-])=CC[C@@H]1NCC(C)(C)C(N)=O. The van der Waals surface area contributed by atoms with Crippen LogP contribution in [0.25, 0.3) is 0 Å². The molecule has 0 heterocycles. The Hall–Kier alpha value is -1.95. The molecule has 3 N–H and O–H groups in total. The van der Waals surface area contributed by atoms with Crippen LogP contribution < -0.4 is 11.1 Å². The molecule has 0 saturated heterocycles. The number of primary amides is 1. The molecule has 0 fully saturated rings. The summed E-state index contributed by atoms with van der Waals surface area (Å²) in [6, 6.07) is -0.0835. The normalized spacial score (nSPS) is 19.4. The summed E-state index contributed by atoms with van der Waals surface area (Å²) < 4.78 is 0. The van der Waals surface area contributed by atoms with E-state index < -0.39 is 10.3 Å². The maximum atomic E-state index is 11.2. The van der Waals surface area contributed by atoms with Crippen LogP contribution in [0.1, 0.15) is 20.3 Å². The van der Waals surface area contributed by atoms with E-state index in [0.717, 1.165) is 5.57 Å². The molecule has 1 aliphatic carbocycles. The van der Waals surface area contributed by atoms with Crippen LogP contribution in [0, 0.1) is 15.5 Å². The lowest BCUT2D eigenvalue weighted by molar-refractivity contribution is -0.419. The third-order valence-corrected chi connectivity index (χ3v) is 3.18. The largest absolute Gasteiger partial charge is 0.369 e. The van der Waals surface area contributed by atoms with Crippen LogP contribution in [-0.4, -0.2) is 23.4 Å². The van der Waals surface area contributed by atoms with Crippen molar-refractivity contribution in [2.75, 3.05) is 6.54 Å². The first-order valence-electron chi connectivity index (χ1n) is 6.00. The van der Waals surface area contributed by atoms with Crippen molar-refractivity contribution in [2.24, 2.45) is 11.1 Å². The summed E-state index contributed by atoms with van der Waals surface area (Å²) in [7, 11) is 0. The fraction of sp³-hybridized carbons (Fsp3) is 0.462. The van der Waals surface area contributed by atoms with Crippen LogP contribution in [0.2, 0.25) is 0 Å². The fourth-order valence-electron chi connectivity index (χ4n) is 1.70. The number of carbonyl (C=O) groups is 1. The van der Waals surface area contributed by atoms with E-state index in [9.17, 15) is 14.9 Å². The molecule has 104 valence electrons. The van der Waals surface area contributed by atoms with Crippen LogP contribution >= 0.6 is 0 Å². The lowest BCUT2D eigenvalue weighted by Gasteiger charge is -2.27. The minimum atomic E-state index is -0.667. The van der Waals surface area contributed by atoms with Crippen LogP contribution in [0.3, 0.4) is 0 Å². The zero-order valence-electron chi connectivity index (χ0n) is 11.2. The lowest BCUT2D eigenvalue weighted by Crippen LogP contribution is -2.44. The van der Waals surface area contributed by atoms with E-state index in [2.05, 4.69) is 11.9 Å². The number of hydrogen-bond acceptors (Lipinski definition) is 4. The zero-order chi connectivity index (χ0) is 14.6. The number of nitrogens with one attached hydrogen (secondary N) is 1. The molecule has 1 rings (SSSR count). The Morgan fingerprint density at radius 1 is 1.74 bits per heavy atom. The molecule has 19 heavy (non-hydrogen) atoms. The monoisotopic (exact) mass is 265 g/mol. The van der Waals surface area contributed by atoms with Gasteiger partial charge < -0.3 is 11.1 Å². The summed E-state index contributed by atoms with van der Waals surface area (Å²) in [6.45, 7) is 7.56. The second-order valence-corrected chi connectivity index (χ2v) is 5.15. The predicted octanol–water partition coefficient (Wildman–Crippen LogP) is 1.13. The average Bonchev–Trinajstić information content (AvgIpc) is 2.35. The number of nitrogens with zero attached hydrogens (tertiary/aromatic N) is 1. The van der Waals surface area contributed by atoms with Crippen molar-refractivity contribution in [3.8, 4) is 0 Å². The van der Waals surface area contributed by atoms with Crippen molar-refractivity contribution in [1.82, 2.24) is 5.32 Å². The van der Waals surface area contributed by atoms with Crippen molar-refractivity contribution < 1.29 is 9.72 Å².